The number of carboxylic acid groups (broad SMARTS) is 1. The van der Waals surface area contributed by atoms with Crippen LogP contribution < -0.4 is 11.1 Å². The maximum Gasteiger partial charge on any atom is 0.307 e. The van der Waals surface area contributed by atoms with Crippen molar-refractivity contribution in [3.63, 3.8) is 0 Å². The molecule has 0 heterocycles. The second kappa shape index (κ2) is 6.54. The van der Waals surface area contributed by atoms with Crippen molar-refractivity contribution >= 4 is 17.8 Å². The summed E-state index contributed by atoms with van der Waals surface area (Å²) in [6, 6.07) is -0.746. The van der Waals surface area contributed by atoms with Crippen LogP contribution in [0.2, 0.25) is 0 Å². The summed E-state index contributed by atoms with van der Waals surface area (Å²) < 4.78 is 0. The Morgan fingerprint density at radius 1 is 1.16 bits per heavy atom. The Kier molecular flexibility index (Phi) is 5.32. The number of hydrogen-bond donors (Lipinski definition) is 3. The molecular formula is C13H22N2O4. The third kappa shape index (κ3) is 3.94. The predicted octanol–water partition coefficient (Wildman–Crippen LogP) is 0.504. The number of amides is 2. The summed E-state index contributed by atoms with van der Waals surface area (Å²) in [6.45, 7) is 3.57. The Hall–Kier alpha value is -1.59. The number of carbonyl (C=O) groups is 3. The minimum atomic E-state index is -0.944. The van der Waals surface area contributed by atoms with Gasteiger partial charge >= 0.3 is 5.97 Å². The number of carbonyl (C=O) groups excluding carboxylic acids is 2. The van der Waals surface area contributed by atoms with Gasteiger partial charge in [0.05, 0.1) is 11.8 Å². The molecule has 108 valence electrons. The molecule has 0 bridgehead atoms. The zero-order valence-corrected chi connectivity index (χ0v) is 11.4. The number of hydrogen-bond acceptors (Lipinski definition) is 3. The van der Waals surface area contributed by atoms with Gasteiger partial charge < -0.3 is 16.2 Å². The molecule has 0 aromatic rings. The van der Waals surface area contributed by atoms with Crippen LogP contribution in [0.25, 0.3) is 0 Å². The smallest absolute Gasteiger partial charge is 0.307 e. The van der Waals surface area contributed by atoms with Gasteiger partial charge in [-0.3, -0.25) is 14.4 Å². The van der Waals surface area contributed by atoms with E-state index in [1.807, 2.05) is 0 Å². The summed E-state index contributed by atoms with van der Waals surface area (Å²) in [4.78, 5) is 34.6. The van der Waals surface area contributed by atoms with Gasteiger partial charge in [-0.25, -0.2) is 0 Å². The molecule has 0 aromatic carbocycles. The van der Waals surface area contributed by atoms with E-state index in [0.717, 1.165) is 12.8 Å². The number of carboxylic acids is 1. The van der Waals surface area contributed by atoms with Crippen molar-refractivity contribution in [2.45, 2.75) is 45.6 Å². The number of nitrogens with one attached hydrogen (secondary N) is 1. The largest absolute Gasteiger partial charge is 0.481 e. The lowest BCUT2D eigenvalue weighted by atomic mass is 9.78. The zero-order valence-electron chi connectivity index (χ0n) is 11.4. The van der Waals surface area contributed by atoms with E-state index in [9.17, 15) is 14.4 Å². The molecule has 4 N–H and O–H groups in total. The fourth-order valence-corrected chi connectivity index (χ4v) is 2.57. The van der Waals surface area contributed by atoms with Crippen LogP contribution in [0.5, 0.6) is 0 Å². The van der Waals surface area contributed by atoms with Gasteiger partial charge in [0, 0.05) is 0 Å². The number of rotatable bonds is 5. The van der Waals surface area contributed by atoms with Gasteiger partial charge in [-0.1, -0.05) is 26.7 Å². The first-order chi connectivity index (χ1) is 8.84. The van der Waals surface area contributed by atoms with E-state index < -0.39 is 29.8 Å². The second-order valence-corrected chi connectivity index (χ2v) is 5.47. The molecule has 1 rings (SSSR count). The van der Waals surface area contributed by atoms with Crippen LogP contribution in [0.1, 0.15) is 39.5 Å². The molecular weight excluding hydrogens is 248 g/mol. The molecule has 3 atom stereocenters. The quantitative estimate of drug-likeness (QED) is 0.675. The monoisotopic (exact) mass is 270 g/mol. The predicted molar refractivity (Wildman–Crippen MR) is 69.0 cm³/mol. The first kappa shape index (κ1) is 15.5. The fourth-order valence-electron chi connectivity index (χ4n) is 2.57. The molecule has 1 aliphatic rings. The lowest BCUT2D eigenvalue weighted by Crippen LogP contribution is -2.51. The third-order valence-corrected chi connectivity index (χ3v) is 3.69. The fraction of sp³-hybridized carbons (Fsp3) is 0.769. The van der Waals surface area contributed by atoms with Crippen LogP contribution in [0.3, 0.4) is 0 Å². The zero-order chi connectivity index (χ0) is 14.6. The molecule has 19 heavy (non-hydrogen) atoms. The highest BCUT2D eigenvalue weighted by molar-refractivity contribution is 5.90. The van der Waals surface area contributed by atoms with Crippen molar-refractivity contribution in [2.24, 2.45) is 23.5 Å². The Morgan fingerprint density at radius 2 is 1.68 bits per heavy atom. The molecule has 1 saturated carbocycles. The van der Waals surface area contributed by atoms with Crippen molar-refractivity contribution < 1.29 is 19.5 Å². The van der Waals surface area contributed by atoms with E-state index in [1.54, 1.807) is 13.8 Å². The van der Waals surface area contributed by atoms with Crippen molar-refractivity contribution in [3.8, 4) is 0 Å². The number of aliphatic carboxylic acids is 1. The first-order valence-electron chi connectivity index (χ1n) is 6.67. The van der Waals surface area contributed by atoms with Gasteiger partial charge in [-0.15, -0.1) is 0 Å². The summed E-state index contributed by atoms with van der Waals surface area (Å²) in [5.41, 5.74) is 5.24. The Balaban J connectivity index is 2.74. The highest BCUT2D eigenvalue weighted by atomic mass is 16.4. The Morgan fingerprint density at radius 3 is 2.11 bits per heavy atom. The molecule has 0 saturated heterocycles. The topological polar surface area (TPSA) is 109 Å². The average Bonchev–Trinajstić information content (AvgIpc) is 2.34. The summed E-state index contributed by atoms with van der Waals surface area (Å²) >= 11 is 0. The van der Waals surface area contributed by atoms with Crippen LogP contribution in [0.4, 0.5) is 0 Å². The highest BCUT2D eigenvalue weighted by Crippen LogP contribution is 2.30. The van der Waals surface area contributed by atoms with Crippen LogP contribution >= 0.6 is 0 Å². The van der Waals surface area contributed by atoms with Crippen LogP contribution in [0, 0.1) is 17.8 Å². The normalized spacial score (nSPS) is 24.8. The summed E-state index contributed by atoms with van der Waals surface area (Å²) in [6.07, 6.45) is 2.72. The van der Waals surface area contributed by atoms with Crippen molar-refractivity contribution in [1.82, 2.24) is 5.32 Å². The second-order valence-electron chi connectivity index (χ2n) is 5.47. The van der Waals surface area contributed by atoms with E-state index in [0.29, 0.717) is 12.8 Å². The van der Waals surface area contributed by atoms with Gasteiger partial charge in [0.2, 0.25) is 11.8 Å². The van der Waals surface area contributed by atoms with Gasteiger partial charge in [-0.2, -0.15) is 0 Å². The van der Waals surface area contributed by atoms with Crippen molar-refractivity contribution in [3.05, 3.63) is 0 Å². The standard InChI is InChI=1S/C13H22N2O4/c1-7(2)10(11(14)16)15-12(17)8-5-3-4-6-9(8)13(18)19/h7-10H,3-6H2,1-2H3,(H2,14,16)(H,15,17)(H,18,19). The van der Waals surface area contributed by atoms with E-state index in [-0.39, 0.29) is 11.8 Å². The van der Waals surface area contributed by atoms with E-state index >= 15 is 0 Å². The number of primary amides is 1. The van der Waals surface area contributed by atoms with Gasteiger partial charge in [-0.05, 0) is 18.8 Å². The van der Waals surface area contributed by atoms with Crippen molar-refractivity contribution in [1.29, 1.82) is 0 Å². The summed E-state index contributed by atoms with van der Waals surface area (Å²) in [7, 11) is 0. The Bertz CT molecular complexity index is 368. The molecule has 1 fully saturated rings. The van der Waals surface area contributed by atoms with Gasteiger partial charge in [0.25, 0.3) is 0 Å². The van der Waals surface area contributed by atoms with Crippen molar-refractivity contribution in [2.75, 3.05) is 0 Å². The number of nitrogens with two attached hydrogens (primary N) is 1. The lowest BCUT2D eigenvalue weighted by Gasteiger charge is -2.29. The summed E-state index contributed by atoms with van der Waals surface area (Å²) in [5.74, 6) is -3.25. The molecule has 3 unspecified atom stereocenters. The average molecular weight is 270 g/mol. The molecule has 6 nitrogen and oxygen atoms in total. The van der Waals surface area contributed by atoms with Crippen LogP contribution in [0.15, 0.2) is 0 Å². The van der Waals surface area contributed by atoms with E-state index in [2.05, 4.69) is 5.32 Å². The van der Waals surface area contributed by atoms with Crippen LogP contribution in [-0.2, 0) is 14.4 Å². The first-order valence-corrected chi connectivity index (χ1v) is 6.67. The molecule has 0 spiro atoms. The molecule has 6 heteroatoms. The minimum absolute atomic E-state index is 0.117. The maximum atomic E-state index is 12.2. The molecule has 0 aromatic heterocycles. The molecule has 0 radical (unpaired) electrons. The maximum absolute atomic E-state index is 12.2. The minimum Gasteiger partial charge on any atom is -0.481 e. The SMILES string of the molecule is CC(C)C(NC(=O)C1CCCCC1C(=O)O)C(N)=O. The van der Waals surface area contributed by atoms with Gasteiger partial charge in [0.15, 0.2) is 0 Å². The lowest BCUT2D eigenvalue weighted by molar-refractivity contribution is -0.149. The van der Waals surface area contributed by atoms with E-state index in [4.69, 9.17) is 10.8 Å². The molecule has 1 aliphatic carbocycles. The highest BCUT2D eigenvalue weighted by Gasteiger charge is 2.37. The van der Waals surface area contributed by atoms with Crippen LogP contribution in [-0.4, -0.2) is 28.9 Å². The third-order valence-electron chi connectivity index (χ3n) is 3.69. The Labute approximate surface area is 112 Å². The van der Waals surface area contributed by atoms with Gasteiger partial charge in [0.1, 0.15) is 6.04 Å². The molecule has 0 aliphatic heterocycles. The van der Waals surface area contributed by atoms with E-state index in [1.165, 1.54) is 0 Å². The summed E-state index contributed by atoms with van der Waals surface area (Å²) in [5, 5.41) is 11.7. The molecule has 2 amide bonds.